The number of fused-ring (bicyclic) bond motifs is 1. The highest BCUT2D eigenvalue weighted by atomic mass is 19.1. The molecule has 0 radical (unpaired) electrons. The summed E-state index contributed by atoms with van der Waals surface area (Å²) in [5.41, 5.74) is 2.89. The maximum absolute atomic E-state index is 13.2. The molecule has 0 aliphatic heterocycles. The fraction of sp³-hybridized carbons (Fsp3) is 0. The van der Waals surface area contributed by atoms with Crippen molar-refractivity contribution in [2.45, 2.75) is 0 Å². The molecule has 5 nitrogen and oxygen atoms in total. The van der Waals surface area contributed by atoms with E-state index in [1.54, 1.807) is 10.7 Å². The van der Waals surface area contributed by atoms with Crippen molar-refractivity contribution >= 4 is 17.5 Å². The molecule has 122 valence electrons. The van der Waals surface area contributed by atoms with E-state index < -0.39 is 11.7 Å². The van der Waals surface area contributed by atoms with Crippen LogP contribution >= 0.6 is 0 Å². The summed E-state index contributed by atoms with van der Waals surface area (Å²) >= 11 is 0. The molecular formula is C19H13FN4O. The Labute approximate surface area is 142 Å². The molecule has 6 heteroatoms. The van der Waals surface area contributed by atoms with Crippen molar-refractivity contribution in [2.75, 3.05) is 5.32 Å². The van der Waals surface area contributed by atoms with Crippen LogP contribution in [0.25, 0.3) is 16.8 Å². The van der Waals surface area contributed by atoms with Gasteiger partial charge in [-0.05, 0) is 41.5 Å². The van der Waals surface area contributed by atoms with Crippen LogP contribution in [0.3, 0.4) is 0 Å². The van der Waals surface area contributed by atoms with E-state index in [0.29, 0.717) is 5.65 Å². The van der Waals surface area contributed by atoms with E-state index in [1.165, 1.54) is 24.3 Å². The van der Waals surface area contributed by atoms with Crippen LogP contribution in [-0.4, -0.2) is 20.5 Å². The third-order valence-corrected chi connectivity index (χ3v) is 3.76. The summed E-state index contributed by atoms with van der Waals surface area (Å²) in [7, 11) is 0. The summed E-state index contributed by atoms with van der Waals surface area (Å²) in [5.74, 6) is -0.763. The van der Waals surface area contributed by atoms with Crippen molar-refractivity contribution in [3.8, 4) is 11.1 Å². The zero-order valence-electron chi connectivity index (χ0n) is 13.1. The maximum Gasteiger partial charge on any atom is 0.258 e. The van der Waals surface area contributed by atoms with Gasteiger partial charge in [-0.25, -0.2) is 8.91 Å². The molecular weight excluding hydrogens is 319 g/mol. The molecule has 2 heterocycles. The number of rotatable bonds is 3. The highest BCUT2D eigenvalue weighted by Gasteiger charge is 2.11. The molecule has 0 spiro atoms. The van der Waals surface area contributed by atoms with E-state index in [2.05, 4.69) is 15.4 Å². The van der Waals surface area contributed by atoms with Crippen LogP contribution in [0.1, 0.15) is 10.4 Å². The zero-order valence-corrected chi connectivity index (χ0v) is 13.1. The average Bonchev–Trinajstić information content (AvgIpc) is 3.03. The standard InChI is InChI=1S/C19H13FN4O/c20-16-8-4-7-15(11-16)18(25)22-19-21-17-12-14(9-10-24(17)23-19)13-5-2-1-3-6-13/h1-12H,(H,22,23,25). The highest BCUT2D eigenvalue weighted by molar-refractivity contribution is 6.03. The number of carbonyl (C=O) groups is 1. The normalized spacial score (nSPS) is 10.8. The second-order valence-corrected chi connectivity index (χ2v) is 5.48. The van der Waals surface area contributed by atoms with E-state index in [1.807, 2.05) is 42.5 Å². The first kappa shape index (κ1) is 15.0. The number of halogens is 1. The predicted molar refractivity (Wildman–Crippen MR) is 92.8 cm³/mol. The van der Waals surface area contributed by atoms with Gasteiger partial charge in [-0.3, -0.25) is 10.1 Å². The van der Waals surface area contributed by atoms with Gasteiger partial charge in [-0.1, -0.05) is 36.4 Å². The van der Waals surface area contributed by atoms with Crippen LogP contribution in [0, 0.1) is 5.82 Å². The van der Waals surface area contributed by atoms with Crippen LogP contribution in [-0.2, 0) is 0 Å². The molecule has 0 aliphatic carbocycles. The molecule has 25 heavy (non-hydrogen) atoms. The largest absolute Gasteiger partial charge is 0.289 e. The van der Waals surface area contributed by atoms with Crippen molar-refractivity contribution in [1.29, 1.82) is 0 Å². The van der Waals surface area contributed by atoms with Crippen LogP contribution in [0.15, 0.2) is 72.9 Å². The van der Waals surface area contributed by atoms with Crippen LogP contribution in [0.5, 0.6) is 0 Å². The second kappa shape index (κ2) is 6.16. The monoisotopic (exact) mass is 332 g/mol. The Morgan fingerprint density at radius 1 is 0.960 bits per heavy atom. The van der Waals surface area contributed by atoms with Crippen molar-refractivity contribution in [1.82, 2.24) is 14.6 Å². The summed E-state index contributed by atoms with van der Waals surface area (Å²) in [6.45, 7) is 0. The highest BCUT2D eigenvalue weighted by Crippen LogP contribution is 2.20. The minimum Gasteiger partial charge on any atom is -0.289 e. The van der Waals surface area contributed by atoms with Crippen LogP contribution < -0.4 is 5.32 Å². The molecule has 1 amide bonds. The van der Waals surface area contributed by atoms with E-state index in [9.17, 15) is 9.18 Å². The number of aromatic nitrogens is 3. The Hall–Kier alpha value is -3.54. The second-order valence-electron chi connectivity index (χ2n) is 5.48. The van der Waals surface area contributed by atoms with E-state index in [0.717, 1.165) is 11.1 Å². The molecule has 0 aliphatic rings. The Bertz CT molecular complexity index is 1060. The first-order valence-electron chi connectivity index (χ1n) is 7.68. The summed E-state index contributed by atoms with van der Waals surface area (Å²) in [6, 6.07) is 19.2. The van der Waals surface area contributed by atoms with Crippen molar-refractivity contribution in [2.24, 2.45) is 0 Å². The number of pyridine rings is 1. The molecule has 2 aromatic carbocycles. The number of hydrogen-bond donors (Lipinski definition) is 1. The zero-order chi connectivity index (χ0) is 17.2. The third kappa shape index (κ3) is 3.10. The van der Waals surface area contributed by atoms with Crippen molar-refractivity contribution in [3.05, 3.63) is 84.3 Å². The smallest absolute Gasteiger partial charge is 0.258 e. The minimum absolute atomic E-state index is 0.166. The van der Waals surface area contributed by atoms with Gasteiger partial charge in [0, 0.05) is 11.8 Å². The molecule has 0 saturated carbocycles. The van der Waals surface area contributed by atoms with E-state index in [-0.39, 0.29) is 11.5 Å². The van der Waals surface area contributed by atoms with Gasteiger partial charge in [0.05, 0.1) is 0 Å². The number of nitrogens with one attached hydrogen (secondary N) is 1. The van der Waals surface area contributed by atoms with E-state index in [4.69, 9.17) is 0 Å². The Morgan fingerprint density at radius 2 is 1.80 bits per heavy atom. The number of benzene rings is 2. The van der Waals surface area contributed by atoms with Crippen molar-refractivity contribution in [3.63, 3.8) is 0 Å². The summed E-state index contributed by atoms with van der Waals surface area (Å²) < 4.78 is 14.8. The van der Waals surface area contributed by atoms with Gasteiger partial charge in [-0.2, -0.15) is 4.98 Å². The molecule has 0 unspecified atom stereocenters. The fourth-order valence-electron chi connectivity index (χ4n) is 2.55. The number of anilines is 1. The molecule has 0 bridgehead atoms. The summed E-state index contributed by atoms with van der Waals surface area (Å²) in [5, 5.41) is 6.80. The molecule has 4 rings (SSSR count). The fourth-order valence-corrected chi connectivity index (χ4v) is 2.55. The predicted octanol–water partition coefficient (Wildman–Crippen LogP) is 3.79. The lowest BCUT2D eigenvalue weighted by atomic mass is 10.1. The first-order chi connectivity index (χ1) is 12.2. The molecule has 4 aromatic rings. The van der Waals surface area contributed by atoms with Gasteiger partial charge in [0.25, 0.3) is 5.91 Å². The average molecular weight is 332 g/mol. The Kier molecular flexibility index (Phi) is 3.70. The lowest BCUT2D eigenvalue weighted by molar-refractivity contribution is 0.102. The Morgan fingerprint density at radius 3 is 2.60 bits per heavy atom. The first-order valence-corrected chi connectivity index (χ1v) is 7.68. The molecule has 0 fully saturated rings. The molecule has 2 aromatic heterocycles. The summed E-state index contributed by atoms with van der Waals surface area (Å²) in [6.07, 6.45) is 1.78. The topological polar surface area (TPSA) is 59.3 Å². The lowest BCUT2D eigenvalue weighted by Crippen LogP contribution is -2.13. The minimum atomic E-state index is -0.469. The molecule has 1 N–H and O–H groups in total. The van der Waals surface area contributed by atoms with Crippen LogP contribution in [0.4, 0.5) is 10.3 Å². The lowest BCUT2D eigenvalue weighted by Gasteiger charge is -2.00. The van der Waals surface area contributed by atoms with Gasteiger partial charge in [0.2, 0.25) is 5.95 Å². The van der Waals surface area contributed by atoms with Gasteiger partial charge in [-0.15, -0.1) is 5.10 Å². The summed E-state index contributed by atoms with van der Waals surface area (Å²) in [4.78, 5) is 16.5. The van der Waals surface area contributed by atoms with Gasteiger partial charge >= 0.3 is 0 Å². The SMILES string of the molecule is O=C(Nc1nc2cc(-c3ccccc3)ccn2n1)c1cccc(F)c1. The quantitative estimate of drug-likeness (QED) is 0.621. The number of hydrogen-bond acceptors (Lipinski definition) is 3. The van der Waals surface area contributed by atoms with Gasteiger partial charge in [0.1, 0.15) is 5.82 Å². The molecule has 0 atom stereocenters. The van der Waals surface area contributed by atoms with Gasteiger partial charge < -0.3 is 0 Å². The third-order valence-electron chi connectivity index (χ3n) is 3.76. The molecule has 0 saturated heterocycles. The number of amides is 1. The van der Waals surface area contributed by atoms with Crippen LogP contribution in [0.2, 0.25) is 0 Å². The Balaban J connectivity index is 1.62. The van der Waals surface area contributed by atoms with Crippen molar-refractivity contribution < 1.29 is 9.18 Å². The maximum atomic E-state index is 13.2. The van der Waals surface area contributed by atoms with Gasteiger partial charge in [0.15, 0.2) is 5.65 Å². The van der Waals surface area contributed by atoms with E-state index >= 15 is 0 Å². The number of nitrogens with zero attached hydrogens (tertiary/aromatic N) is 3. The number of carbonyl (C=O) groups excluding carboxylic acids is 1.